The van der Waals surface area contributed by atoms with Gasteiger partial charge in [-0.15, -0.1) is 0 Å². The molecule has 170 valence electrons. The van der Waals surface area contributed by atoms with Gasteiger partial charge in [0.25, 0.3) is 11.5 Å². The van der Waals surface area contributed by atoms with Gasteiger partial charge in [0.1, 0.15) is 5.75 Å². The molecule has 0 bridgehead atoms. The Labute approximate surface area is 185 Å². The number of fused-ring (bicyclic) bond motifs is 1. The fourth-order valence-electron chi connectivity index (χ4n) is 3.96. The summed E-state index contributed by atoms with van der Waals surface area (Å²) in [6.07, 6.45) is 0.943. The van der Waals surface area contributed by atoms with Crippen molar-refractivity contribution in [3.05, 3.63) is 51.9 Å². The van der Waals surface area contributed by atoms with Crippen molar-refractivity contribution in [3.63, 3.8) is 0 Å². The van der Waals surface area contributed by atoms with Gasteiger partial charge < -0.3 is 10.1 Å². The molecule has 1 aromatic carbocycles. The van der Waals surface area contributed by atoms with Crippen LogP contribution in [-0.2, 0) is 17.1 Å². The number of nitrogens with one attached hydrogen (secondary N) is 2. The number of amides is 1. The van der Waals surface area contributed by atoms with Gasteiger partial charge in [-0.2, -0.15) is 4.31 Å². The number of ether oxygens (including phenoxy) is 1. The zero-order valence-electron chi connectivity index (χ0n) is 18.1. The van der Waals surface area contributed by atoms with Gasteiger partial charge in [0.15, 0.2) is 5.65 Å². The third kappa shape index (κ3) is 4.00. The number of benzene rings is 1. The molecule has 11 heteroatoms. The smallest absolute Gasteiger partial charge is 0.274 e. The highest BCUT2D eigenvalue weighted by Gasteiger charge is 2.30. The predicted octanol–water partition coefficient (Wildman–Crippen LogP) is 1.16. The zero-order chi connectivity index (χ0) is 23.0. The van der Waals surface area contributed by atoms with Crippen LogP contribution in [0.25, 0.3) is 11.0 Å². The Morgan fingerprint density at radius 2 is 1.88 bits per heavy atom. The summed E-state index contributed by atoms with van der Waals surface area (Å²) in [5.41, 5.74) is 0.932. The van der Waals surface area contributed by atoms with E-state index in [-0.39, 0.29) is 46.4 Å². The van der Waals surface area contributed by atoms with Crippen LogP contribution in [-0.4, -0.2) is 59.6 Å². The molecule has 0 aliphatic carbocycles. The molecule has 1 aliphatic heterocycles. The van der Waals surface area contributed by atoms with Crippen molar-refractivity contribution in [1.29, 1.82) is 0 Å². The quantitative estimate of drug-likeness (QED) is 0.590. The highest BCUT2D eigenvalue weighted by atomic mass is 32.2. The van der Waals surface area contributed by atoms with Gasteiger partial charge in [0, 0.05) is 31.9 Å². The highest BCUT2D eigenvalue weighted by molar-refractivity contribution is 7.89. The van der Waals surface area contributed by atoms with Crippen molar-refractivity contribution in [2.75, 3.05) is 20.2 Å². The van der Waals surface area contributed by atoms with E-state index < -0.39 is 10.0 Å². The maximum atomic E-state index is 13.0. The minimum Gasteiger partial charge on any atom is -0.497 e. The Balaban J connectivity index is 1.46. The molecule has 1 amide bonds. The van der Waals surface area contributed by atoms with Crippen LogP contribution >= 0.6 is 0 Å². The Morgan fingerprint density at radius 1 is 1.22 bits per heavy atom. The molecule has 32 heavy (non-hydrogen) atoms. The fourth-order valence-corrected chi connectivity index (χ4v) is 5.43. The number of rotatable bonds is 5. The summed E-state index contributed by atoms with van der Waals surface area (Å²) in [5, 5.41) is 5.82. The van der Waals surface area contributed by atoms with Crippen LogP contribution in [0, 0.1) is 6.92 Å². The maximum absolute atomic E-state index is 13.0. The number of carbonyl (C=O) groups excluding carboxylic acids is 1. The van der Waals surface area contributed by atoms with Crippen LogP contribution in [0.3, 0.4) is 0 Å². The minimum atomic E-state index is -3.62. The van der Waals surface area contributed by atoms with Crippen LogP contribution in [0.2, 0.25) is 0 Å². The Hall–Kier alpha value is -3.18. The molecule has 0 saturated carbocycles. The Bertz CT molecular complexity index is 1320. The van der Waals surface area contributed by atoms with Crippen LogP contribution in [0.1, 0.15) is 28.9 Å². The average molecular weight is 460 g/mol. The van der Waals surface area contributed by atoms with E-state index in [4.69, 9.17) is 4.74 Å². The second-order valence-corrected chi connectivity index (χ2v) is 9.78. The molecule has 0 spiro atoms. The molecular weight excluding hydrogens is 434 g/mol. The van der Waals surface area contributed by atoms with Crippen LogP contribution in [0.5, 0.6) is 5.75 Å². The Kier molecular flexibility index (Phi) is 5.78. The van der Waals surface area contributed by atoms with Crippen molar-refractivity contribution in [3.8, 4) is 5.75 Å². The number of methoxy groups -OCH3 is 1. The van der Waals surface area contributed by atoms with Gasteiger partial charge in [0.05, 0.1) is 23.0 Å². The summed E-state index contributed by atoms with van der Waals surface area (Å²) in [4.78, 5) is 29.8. The molecular formula is C21H25N5O5S. The van der Waals surface area contributed by atoms with E-state index >= 15 is 0 Å². The molecule has 4 rings (SSSR count). The summed E-state index contributed by atoms with van der Waals surface area (Å²) < 4.78 is 33.8. The number of aromatic amines is 1. The standard InChI is InChI=1S/C21H25N5O5S/c1-13-12-17(18-19(22-13)25(2)24-21(18)28)20(27)23-14-8-10-26(11-9-14)32(29,30)16-6-4-15(31-3)5-7-16/h4-7,12,14H,8-11H2,1-3H3,(H,23,27)(H,24,28). The van der Waals surface area contributed by atoms with E-state index in [9.17, 15) is 18.0 Å². The molecule has 3 aromatic rings. The van der Waals surface area contributed by atoms with E-state index in [1.165, 1.54) is 28.2 Å². The van der Waals surface area contributed by atoms with Crippen molar-refractivity contribution in [2.24, 2.45) is 7.05 Å². The molecule has 0 atom stereocenters. The lowest BCUT2D eigenvalue weighted by Gasteiger charge is -2.31. The van der Waals surface area contributed by atoms with Gasteiger partial charge in [-0.3, -0.25) is 19.4 Å². The van der Waals surface area contributed by atoms with Crippen LogP contribution in [0.4, 0.5) is 0 Å². The monoisotopic (exact) mass is 459 g/mol. The van der Waals surface area contributed by atoms with Crippen molar-refractivity contribution in [2.45, 2.75) is 30.7 Å². The molecule has 0 radical (unpaired) electrons. The molecule has 3 heterocycles. The molecule has 2 N–H and O–H groups in total. The first kappa shape index (κ1) is 22.0. The maximum Gasteiger partial charge on any atom is 0.274 e. The van der Waals surface area contributed by atoms with E-state index in [0.29, 0.717) is 29.9 Å². The largest absolute Gasteiger partial charge is 0.497 e. The number of aryl methyl sites for hydroxylation is 2. The molecule has 10 nitrogen and oxygen atoms in total. The lowest BCUT2D eigenvalue weighted by molar-refractivity contribution is 0.0925. The summed E-state index contributed by atoms with van der Waals surface area (Å²) in [7, 11) is -0.434. The summed E-state index contributed by atoms with van der Waals surface area (Å²) in [6.45, 7) is 2.34. The number of sulfonamides is 1. The molecule has 1 fully saturated rings. The van der Waals surface area contributed by atoms with E-state index in [1.807, 2.05) is 0 Å². The number of pyridine rings is 1. The third-order valence-corrected chi connectivity index (χ3v) is 7.59. The van der Waals surface area contributed by atoms with Gasteiger partial charge in [-0.25, -0.2) is 13.4 Å². The second kappa shape index (κ2) is 8.40. The van der Waals surface area contributed by atoms with Gasteiger partial charge in [0.2, 0.25) is 10.0 Å². The van der Waals surface area contributed by atoms with E-state index in [2.05, 4.69) is 15.4 Å². The molecule has 0 unspecified atom stereocenters. The third-order valence-electron chi connectivity index (χ3n) is 5.67. The summed E-state index contributed by atoms with van der Waals surface area (Å²) in [5.74, 6) is 0.219. The average Bonchev–Trinajstić information content (AvgIpc) is 3.06. The van der Waals surface area contributed by atoms with Gasteiger partial charge >= 0.3 is 0 Å². The molecule has 2 aromatic heterocycles. The van der Waals surface area contributed by atoms with E-state index in [0.717, 1.165) is 0 Å². The number of hydrogen-bond acceptors (Lipinski definition) is 6. The lowest BCUT2D eigenvalue weighted by Crippen LogP contribution is -2.46. The second-order valence-electron chi connectivity index (χ2n) is 7.84. The normalized spacial score (nSPS) is 15.7. The van der Waals surface area contributed by atoms with Crippen LogP contribution in [0.15, 0.2) is 40.0 Å². The molecule has 1 saturated heterocycles. The summed E-state index contributed by atoms with van der Waals surface area (Å²) >= 11 is 0. The number of carbonyl (C=O) groups is 1. The zero-order valence-corrected chi connectivity index (χ0v) is 18.9. The fraction of sp³-hybridized carbons (Fsp3) is 0.381. The first-order valence-electron chi connectivity index (χ1n) is 10.2. The van der Waals surface area contributed by atoms with Gasteiger partial charge in [-0.1, -0.05) is 0 Å². The predicted molar refractivity (Wildman–Crippen MR) is 118 cm³/mol. The van der Waals surface area contributed by atoms with Crippen molar-refractivity contribution < 1.29 is 17.9 Å². The van der Waals surface area contributed by atoms with Crippen molar-refractivity contribution >= 4 is 27.0 Å². The van der Waals surface area contributed by atoms with Gasteiger partial charge in [-0.05, 0) is 50.1 Å². The van der Waals surface area contributed by atoms with Crippen molar-refractivity contribution in [1.82, 2.24) is 24.4 Å². The SMILES string of the molecule is COc1ccc(S(=O)(=O)N2CCC(NC(=O)c3cc(C)nc4c3c(=O)[nH]n4C)CC2)cc1. The number of nitrogens with zero attached hydrogens (tertiary/aromatic N) is 3. The minimum absolute atomic E-state index is 0.198. The van der Waals surface area contributed by atoms with E-state index in [1.54, 1.807) is 32.2 Å². The van der Waals surface area contributed by atoms with Crippen LogP contribution < -0.4 is 15.6 Å². The number of aromatic nitrogens is 3. The first-order valence-corrected chi connectivity index (χ1v) is 11.7. The first-order chi connectivity index (χ1) is 15.2. The number of piperidine rings is 1. The lowest BCUT2D eigenvalue weighted by atomic mass is 10.1. The molecule has 1 aliphatic rings. The Morgan fingerprint density at radius 3 is 2.50 bits per heavy atom. The number of H-pyrrole nitrogens is 1. The summed E-state index contributed by atoms with van der Waals surface area (Å²) in [6, 6.07) is 7.67. The topological polar surface area (TPSA) is 126 Å². The highest BCUT2D eigenvalue weighted by Crippen LogP contribution is 2.23. The number of hydrogen-bond donors (Lipinski definition) is 2.